The minimum absolute atomic E-state index is 0.175. The maximum absolute atomic E-state index is 11.5. The smallest absolute Gasteiger partial charge is 0.224 e. The molecule has 3 heteroatoms. The third kappa shape index (κ3) is 2.61. The van der Waals surface area contributed by atoms with Crippen molar-refractivity contribution in [3.05, 3.63) is 35.9 Å². The van der Waals surface area contributed by atoms with E-state index in [1.165, 1.54) is 5.56 Å². The van der Waals surface area contributed by atoms with E-state index in [4.69, 9.17) is 0 Å². The van der Waals surface area contributed by atoms with Gasteiger partial charge in [-0.1, -0.05) is 30.3 Å². The Hall–Kier alpha value is -1.35. The van der Waals surface area contributed by atoms with E-state index in [1.54, 1.807) is 7.05 Å². The maximum Gasteiger partial charge on any atom is 0.224 e. The van der Waals surface area contributed by atoms with Gasteiger partial charge in [-0.2, -0.15) is 0 Å². The zero-order chi connectivity index (χ0) is 11.4. The zero-order valence-corrected chi connectivity index (χ0v) is 9.65. The number of amides is 1. The molecule has 0 bridgehead atoms. The Morgan fingerprint density at radius 3 is 2.88 bits per heavy atom. The normalized spacial score (nSPS) is 20.9. The molecule has 0 aliphatic carbocycles. The molecule has 0 aromatic heterocycles. The van der Waals surface area contributed by atoms with Gasteiger partial charge in [0.1, 0.15) is 0 Å². The van der Waals surface area contributed by atoms with Crippen molar-refractivity contribution in [2.75, 3.05) is 20.1 Å². The topological polar surface area (TPSA) is 32.3 Å². The molecule has 1 fully saturated rings. The molecule has 1 saturated heterocycles. The van der Waals surface area contributed by atoms with Gasteiger partial charge in [0, 0.05) is 20.1 Å². The molecule has 0 spiro atoms. The molecular weight excluding hydrogens is 200 g/mol. The van der Waals surface area contributed by atoms with Crippen LogP contribution < -0.4 is 5.32 Å². The van der Waals surface area contributed by atoms with Gasteiger partial charge >= 0.3 is 0 Å². The van der Waals surface area contributed by atoms with Crippen molar-refractivity contribution in [3.63, 3.8) is 0 Å². The average Bonchev–Trinajstić information content (AvgIpc) is 2.78. The number of hydrogen-bond acceptors (Lipinski definition) is 2. The Labute approximate surface area is 96.5 Å². The van der Waals surface area contributed by atoms with E-state index < -0.39 is 0 Å². The molecule has 1 atom stereocenters. The predicted molar refractivity (Wildman–Crippen MR) is 63.9 cm³/mol. The first kappa shape index (κ1) is 11.1. The van der Waals surface area contributed by atoms with Crippen molar-refractivity contribution in [1.29, 1.82) is 0 Å². The molecule has 1 aliphatic heterocycles. The summed E-state index contributed by atoms with van der Waals surface area (Å²) in [6.45, 7) is 2.86. The van der Waals surface area contributed by atoms with Crippen LogP contribution in [0.3, 0.4) is 0 Å². The van der Waals surface area contributed by atoms with Gasteiger partial charge in [0.15, 0.2) is 0 Å². The lowest BCUT2D eigenvalue weighted by Crippen LogP contribution is -2.30. The Bertz CT molecular complexity index is 350. The lowest BCUT2D eigenvalue weighted by molar-refractivity contribution is -0.124. The first-order valence-corrected chi connectivity index (χ1v) is 5.77. The average molecular weight is 218 g/mol. The molecule has 1 aromatic carbocycles. The van der Waals surface area contributed by atoms with E-state index in [2.05, 4.69) is 34.5 Å². The van der Waals surface area contributed by atoms with Crippen LogP contribution in [0.25, 0.3) is 0 Å². The summed E-state index contributed by atoms with van der Waals surface area (Å²) in [7, 11) is 1.71. The van der Waals surface area contributed by atoms with Gasteiger partial charge in [-0.3, -0.25) is 9.69 Å². The highest BCUT2D eigenvalue weighted by Crippen LogP contribution is 2.18. The molecule has 16 heavy (non-hydrogen) atoms. The summed E-state index contributed by atoms with van der Waals surface area (Å²) in [6, 6.07) is 10.4. The maximum atomic E-state index is 11.5. The van der Waals surface area contributed by atoms with Gasteiger partial charge in [0.2, 0.25) is 5.91 Å². The van der Waals surface area contributed by atoms with Gasteiger partial charge in [0.05, 0.1) is 5.92 Å². The third-order valence-corrected chi connectivity index (χ3v) is 3.14. The Kier molecular flexibility index (Phi) is 3.57. The van der Waals surface area contributed by atoms with Crippen LogP contribution in [0.15, 0.2) is 30.3 Å². The van der Waals surface area contributed by atoms with Gasteiger partial charge in [-0.25, -0.2) is 0 Å². The minimum Gasteiger partial charge on any atom is -0.359 e. The highest BCUT2D eigenvalue weighted by molar-refractivity contribution is 5.78. The molecule has 1 aromatic rings. The fraction of sp³-hybridized carbons (Fsp3) is 0.462. The molecule has 2 rings (SSSR count). The number of rotatable bonds is 3. The predicted octanol–water partition coefficient (Wildman–Crippen LogP) is 1.25. The van der Waals surface area contributed by atoms with Crippen LogP contribution in [0.2, 0.25) is 0 Å². The van der Waals surface area contributed by atoms with E-state index in [0.29, 0.717) is 0 Å². The summed E-state index contributed by atoms with van der Waals surface area (Å²) in [6.07, 6.45) is 0.979. The summed E-state index contributed by atoms with van der Waals surface area (Å²) in [5.41, 5.74) is 1.32. The minimum atomic E-state index is 0.175. The third-order valence-electron chi connectivity index (χ3n) is 3.14. The van der Waals surface area contributed by atoms with Crippen LogP contribution in [-0.2, 0) is 11.3 Å². The first-order chi connectivity index (χ1) is 7.79. The van der Waals surface area contributed by atoms with Gasteiger partial charge in [-0.15, -0.1) is 0 Å². The molecule has 3 nitrogen and oxygen atoms in total. The fourth-order valence-corrected chi connectivity index (χ4v) is 2.24. The SMILES string of the molecule is CNC(=O)C1CCN(Cc2ccccc2)C1. The Morgan fingerprint density at radius 1 is 1.44 bits per heavy atom. The van der Waals surface area contributed by atoms with Gasteiger partial charge in [-0.05, 0) is 18.5 Å². The Morgan fingerprint density at radius 2 is 2.19 bits per heavy atom. The Balaban J connectivity index is 1.88. The highest BCUT2D eigenvalue weighted by Gasteiger charge is 2.27. The molecule has 1 aliphatic rings. The van der Waals surface area contributed by atoms with E-state index in [-0.39, 0.29) is 11.8 Å². The first-order valence-electron chi connectivity index (χ1n) is 5.77. The molecule has 0 radical (unpaired) electrons. The van der Waals surface area contributed by atoms with Crippen LogP contribution >= 0.6 is 0 Å². The second kappa shape index (κ2) is 5.12. The van der Waals surface area contributed by atoms with E-state index in [9.17, 15) is 4.79 Å². The summed E-state index contributed by atoms with van der Waals surface area (Å²) < 4.78 is 0. The number of nitrogens with zero attached hydrogens (tertiary/aromatic N) is 1. The van der Waals surface area contributed by atoms with E-state index >= 15 is 0 Å². The summed E-state index contributed by atoms with van der Waals surface area (Å²) in [5, 5.41) is 2.73. The van der Waals surface area contributed by atoms with Crippen molar-refractivity contribution in [3.8, 4) is 0 Å². The van der Waals surface area contributed by atoms with Crippen LogP contribution in [-0.4, -0.2) is 30.9 Å². The summed E-state index contributed by atoms with van der Waals surface area (Å²) in [4.78, 5) is 13.8. The molecule has 1 heterocycles. The molecular formula is C13H18N2O. The number of carbonyl (C=O) groups excluding carboxylic acids is 1. The summed E-state index contributed by atoms with van der Waals surface area (Å²) >= 11 is 0. The van der Waals surface area contributed by atoms with Crippen molar-refractivity contribution in [1.82, 2.24) is 10.2 Å². The molecule has 1 amide bonds. The van der Waals surface area contributed by atoms with Crippen molar-refractivity contribution >= 4 is 5.91 Å². The van der Waals surface area contributed by atoms with Crippen molar-refractivity contribution in [2.45, 2.75) is 13.0 Å². The van der Waals surface area contributed by atoms with Crippen LogP contribution in [0.5, 0.6) is 0 Å². The highest BCUT2D eigenvalue weighted by atomic mass is 16.1. The van der Waals surface area contributed by atoms with Gasteiger partial charge in [0.25, 0.3) is 0 Å². The second-order valence-electron chi connectivity index (χ2n) is 4.32. The van der Waals surface area contributed by atoms with Crippen LogP contribution in [0, 0.1) is 5.92 Å². The van der Waals surface area contributed by atoms with Crippen molar-refractivity contribution in [2.24, 2.45) is 5.92 Å². The number of nitrogens with one attached hydrogen (secondary N) is 1. The van der Waals surface area contributed by atoms with Gasteiger partial charge < -0.3 is 5.32 Å². The molecule has 1 N–H and O–H groups in total. The van der Waals surface area contributed by atoms with E-state index in [0.717, 1.165) is 26.1 Å². The molecule has 86 valence electrons. The standard InChI is InChI=1S/C13H18N2O/c1-14-13(16)12-7-8-15(10-12)9-11-5-3-2-4-6-11/h2-6,12H,7-10H2,1H3,(H,14,16). The lowest BCUT2D eigenvalue weighted by Gasteiger charge is -2.15. The summed E-state index contributed by atoms with van der Waals surface area (Å²) in [5.74, 6) is 0.351. The number of carbonyl (C=O) groups is 1. The fourth-order valence-electron chi connectivity index (χ4n) is 2.24. The van der Waals surface area contributed by atoms with E-state index in [1.807, 2.05) is 6.07 Å². The number of benzene rings is 1. The largest absolute Gasteiger partial charge is 0.359 e. The van der Waals surface area contributed by atoms with Crippen LogP contribution in [0.1, 0.15) is 12.0 Å². The molecule has 1 unspecified atom stereocenters. The number of likely N-dealkylation sites (tertiary alicyclic amines) is 1. The zero-order valence-electron chi connectivity index (χ0n) is 9.65. The number of hydrogen-bond donors (Lipinski definition) is 1. The quantitative estimate of drug-likeness (QED) is 0.828. The second-order valence-corrected chi connectivity index (χ2v) is 4.32. The monoisotopic (exact) mass is 218 g/mol. The lowest BCUT2D eigenvalue weighted by atomic mass is 10.1. The molecule has 0 saturated carbocycles. The van der Waals surface area contributed by atoms with Crippen LogP contribution in [0.4, 0.5) is 0 Å². The van der Waals surface area contributed by atoms with Crippen molar-refractivity contribution < 1.29 is 4.79 Å².